The van der Waals surface area contributed by atoms with Gasteiger partial charge in [0, 0.05) is 25.6 Å². The van der Waals surface area contributed by atoms with Crippen LogP contribution in [0.15, 0.2) is 0 Å². The number of likely N-dealkylation sites (tertiary alicyclic amines) is 1. The van der Waals surface area contributed by atoms with E-state index >= 15 is 0 Å². The number of carbonyl (C=O) groups is 2. The van der Waals surface area contributed by atoms with Crippen molar-refractivity contribution in [2.45, 2.75) is 39.0 Å². The van der Waals surface area contributed by atoms with Crippen molar-refractivity contribution in [3.8, 4) is 0 Å². The van der Waals surface area contributed by atoms with Crippen LogP contribution in [0.5, 0.6) is 0 Å². The number of hydrogen-bond donors (Lipinski definition) is 1. The van der Waals surface area contributed by atoms with Gasteiger partial charge in [-0.3, -0.25) is 9.59 Å². The molecule has 1 aliphatic heterocycles. The summed E-state index contributed by atoms with van der Waals surface area (Å²) >= 11 is 1.43. The van der Waals surface area contributed by atoms with Crippen molar-refractivity contribution in [2.24, 2.45) is 0 Å². The van der Waals surface area contributed by atoms with Crippen LogP contribution in [0.2, 0.25) is 0 Å². The molecular weight excluding hydrogens is 304 g/mol. The molecule has 1 amide bonds. The Morgan fingerprint density at radius 1 is 1.32 bits per heavy atom. The van der Waals surface area contributed by atoms with Crippen LogP contribution in [0.25, 0.3) is 0 Å². The van der Waals surface area contributed by atoms with Crippen molar-refractivity contribution in [3.05, 3.63) is 5.01 Å². The Hall–Kier alpha value is -1.70. The Morgan fingerprint density at radius 3 is 2.55 bits per heavy atom. The van der Waals surface area contributed by atoms with Crippen LogP contribution in [-0.2, 0) is 9.59 Å². The maximum absolute atomic E-state index is 12.3. The minimum Gasteiger partial charge on any atom is -0.481 e. The van der Waals surface area contributed by atoms with Gasteiger partial charge in [-0.1, -0.05) is 25.2 Å². The molecule has 0 spiro atoms. The fourth-order valence-electron chi connectivity index (χ4n) is 2.29. The molecule has 1 aromatic heterocycles. The van der Waals surface area contributed by atoms with Crippen molar-refractivity contribution in [3.63, 3.8) is 0 Å². The van der Waals surface area contributed by atoms with Crippen molar-refractivity contribution in [2.75, 3.05) is 31.1 Å². The molecule has 1 fully saturated rings. The van der Waals surface area contributed by atoms with Crippen LogP contribution in [0.4, 0.5) is 5.13 Å². The number of carbonyl (C=O) groups excluding carboxylic acids is 1. The smallest absolute Gasteiger partial charge is 0.305 e. The second kappa shape index (κ2) is 7.53. The predicted molar refractivity (Wildman–Crippen MR) is 84.3 cm³/mol. The number of aliphatic carboxylic acids is 1. The van der Waals surface area contributed by atoms with Gasteiger partial charge in [-0.25, -0.2) is 0 Å². The highest BCUT2D eigenvalue weighted by molar-refractivity contribution is 7.15. The largest absolute Gasteiger partial charge is 0.481 e. The average Bonchev–Trinajstić information content (AvgIpc) is 3.13. The molecule has 2 heterocycles. The second-order valence-electron chi connectivity index (χ2n) is 5.73. The third-order valence-corrected chi connectivity index (χ3v) is 4.86. The summed E-state index contributed by atoms with van der Waals surface area (Å²) in [6.45, 7) is 6.07. The minimum absolute atomic E-state index is 0.0239. The molecule has 1 aliphatic rings. The fraction of sp³-hybridized carbons (Fsp3) is 0.714. The molecule has 7 nitrogen and oxygen atoms in total. The Bertz CT molecular complexity index is 526. The van der Waals surface area contributed by atoms with Gasteiger partial charge in [-0.2, -0.15) is 0 Å². The number of carboxylic acid groups (broad SMARTS) is 1. The summed E-state index contributed by atoms with van der Waals surface area (Å²) in [7, 11) is 0. The summed E-state index contributed by atoms with van der Waals surface area (Å²) in [5, 5.41) is 18.7. The van der Waals surface area contributed by atoms with E-state index in [1.54, 1.807) is 4.90 Å². The molecule has 2 rings (SSSR count). The zero-order chi connectivity index (χ0) is 16.1. The van der Waals surface area contributed by atoms with Crippen molar-refractivity contribution < 1.29 is 14.7 Å². The SMILES string of the molecule is CC(C)c1nnc(N(CCC(=O)O)CC(=O)N2CCCC2)s1. The molecule has 0 saturated carbocycles. The predicted octanol–water partition coefficient (Wildman–Crippen LogP) is 1.56. The quantitative estimate of drug-likeness (QED) is 0.818. The van der Waals surface area contributed by atoms with E-state index in [9.17, 15) is 9.59 Å². The zero-order valence-corrected chi connectivity index (χ0v) is 13.8. The number of nitrogens with zero attached hydrogens (tertiary/aromatic N) is 4. The first-order valence-electron chi connectivity index (χ1n) is 7.55. The number of rotatable bonds is 7. The lowest BCUT2D eigenvalue weighted by atomic mass is 10.2. The summed E-state index contributed by atoms with van der Waals surface area (Å²) < 4.78 is 0. The molecule has 1 aromatic rings. The summed E-state index contributed by atoms with van der Waals surface area (Å²) in [6, 6.07) is 0. The topological polar surface area (TPSA) is 86.6 Å². The molecule has 0 bridgehead atoms. The third kappa shape index (κ3) is 4.40. The average molecular weight is 326 g/mol. The Balaban J connectivity index is 2.06. The Kier molecular flexibility index (Phi) is 5.70. The summed E-state index contributed by atoms with van der Waals surface area (Å²) in [6.07, 6.45) is 2.05. The van der Waals surface area contributed by atoms with Crippen LogP contribution in [0.1, 0.15) is 44.0 Å². The van der Waals surface area contributed by atoms with Gasteiger partial charge in [0.1, 0.15) is 5.01 Å². The molecule has 1 N–H and O–H groups in total. The first-order chi connectivity index (χ1) is 10.5. The standard InChI is InChI=1S/C14H22N4O3S/c1-10(2)13-15-16-14(22-13)18(8-5-12(20)21)9-11(19)17-6-3-4-7-17/h10H,3-9H2,1-2H3,(H,20,21). The van der Waals surface area contributed by atoms with Gasteiger partial charge >= 0.3 is 5.97 Å². The lowest BCUT2D eigenvalue weighted by molar-refractivity contribution is -0.137. The van der Waals surface area contributed by atoms with Gasteiger partial charge in [0.15, 0.2) is 0 Å². The monoisotopic (exact) mass is 326 g/mol. The number of aromatic nitrogens is 2. The minimum atomic E-state index is -0.882. The zero-order valence-electron chi connectivity index (χ0n) is 13.0. The molecule has 122 valence electrons. The number of anilines is 1. The maximum atomic E-state index is 12.3. The fourth-order valence-corrected chi connectivity index (χ4v) is 3.16. The molecular formula is C14H22N4O3S. The first kappa shape index (κ1) is 16.7. The highest BCUT2D eigenvalue weighted by atomic mass is 32.1. The van der Waals surface area contributed by atoms with Crippen LogP contribution in [0.3, 0.4) is 0 Å². The van der Waals surface area contributed by atoms with Gasteiger partial charge in [-0.05, 0) is 12.8 Å². The molecule has 1 saturated heterocycles. The molecule has 0 aliphatic carbocycles. The van der Waals surface area contributed by atoms with E-state index in [4.69, 9.17) is 5.11 Å². The van der Waals surface area contributed by atoms with E-state index in [0.717, 1.165) is 30.9 Å². The maximum Gasteiger partial charge on any atom is 0.305 e. The van der Waals surface area contributed by atoms with Crippen LogP contribution in [-0.4, -0.2) is 58.3 Å². The molecule has 22 heavy (non-hydrogen) atoms. The molecule has 0 unspecified atom stereocenters. The lowest BCUT2D eigenvalue weighted by Gasteiger charge is -2.23. The lowest BCUT2D eigenvalue weighted by Crippen LogP contribution is -2.40. The first-order valence-corrected chi connectivity index (χ1v) is 8.37. The third-order valence-electron chi connectivity index (χ3n) is 3.57. The van der Waals surface area contributed by atoms with E-state index < -0.39 is 5.97 Å². The van der Waals surface area contributed by atoms with E-state index in [0.29, 0.717) is 5.13 Å². The van der Waals surface area contributed by atoms with E-state index in [-0.39, 0.29) is 31.3 Å². The van der Waals surface area contributed by atoms with Gasteiger partial charge in [0.05, 0.1) is 13.0 Å². The summed E-state index contributed by atoms with van der Waals surface area (Å²) in [5.74, 6) is -0.585. The van der Waals surface area contributed by atoms with Crippen molar-refractivity contribution >= 4 is 28.3 Å². The highest BCUT2D eigenvalue weighted by Gasteiger charge is 2.23. The Morgan fingerprint density at radius 2 is 2.00 bits per heavy atom. The van der Waals surface area contributed by atoms with Crippen molar-refractivity contribution in [1.29, 1.82) is 0 Å². The normalized spacial score (nSPS) is 14.6. The van der Waals surface area contributed by atoms with Gasteiger partial charge in [0.25, 0.3) is 0 Å². The van der Waals surface area contributed by atoms with Crippen LogP contribution >= 0.6 is 11.3 Å². The van der Waals surface area contributed by atoms with E-state index in [2.05, 4.69) is 10.2 Å². The summed E-state index contributed by atoms with van der Waals surface area (Å²) in [5.41, 5.74) is 0. The van der Waals surface area contributed by atoms with Crippen LogP contribution in [0, 0.1) is 0 Å². The van der Waals surface area contributed by atoms with Gasteiger partial charge in [0.2, 0.25) is 11.0 Å². The molecule has 0 atom stereocenters. The van der Waals surface area contributed by atoms with E-state index in [1.807, 2.05) is 18.7 Å². The van der Waals surface area contributed by atoms with E-state index in [1.165, 1.54) is 11.3 Å². The number of hydrogen-bond acceptors (Lipinski definition) is 6. The van der Waals surface area contributed by atoms with Crippen LogP contribution < -0.4 is 4.90 Å². The highest BCUT2D eigenvalue weighted by Crippen LogP contribution is 2.26. The number of carboxylic acids is 1. The molecule has 8 heteroatoms. The molecule has 0 radical (unpaired) electrons. The van der Waals surface area contributed by atoms with Gasteiger partial charge < -0.3 is 14.9 Å². The Labute approximate surface area is 133 Å². The van der Waals surface area contributed by atoms with Crippen molar-refractivity contribution in [1.82, 2.24) is 15.1 Å². The van der Waals surface area contributed by atoms with Gasteiger partial charge in [-0.15, -0.1) is 10.2 Å². The summed E-state index contributed by atoms with van der Waals surface area (Å²) in [4.78, 5) is 26.7. The second-order valence-corrected chi connectivity index (χ2v) is 6.72. The molecule has 0 aromatic carbocycles. The number of amides is 1.